The van der Waals surface area contributed by atoms with Crippen LogP contribution < -0.4 is 9.80 Å². The Morgan fingerprint density at radius 2 is 0.477 bits per heavy atom. The number of rotatable bonds is 6. The number of nitrogens with zero attached hydrogens (tertiary/aromatic N) is 2. The van der Waals surface area contributed by atoms with Gasteiger partial charge in [0.1, 0.15) is 0 Å². The highest BCUT2D eigenvalue weighted by Gasteiger charge is 2.18. The summed E-state index contributed by atoms with van der Waals surface area (Å²) in [6.45, 7) is 0. The Kier molecular flexibility index (Phi) is 6.51. The number of fused-ring (bicyclic) bond motifs is 5. The third-order valence-electron chi connectivity index (χ3n) is 8.41. The third kappa shape index (κ3) is 4.45. The normalized spacial score (nSPS) is 11.2. The molecule has 0 heterocycles. The van der Waals surface area contributed by atoms with Gasteiger partial charge in [-0.1, -0.05) is 121 Å². The number of anilines is 6. The molecule has 0 aliphatic heterocycles. The van der Waals surface area contributed by atoms with Gasteiger partial charge in [-0.25, -0.2) is 0 Å². The lowest BCUT2D eigenvalue weighted by Gasteiger charge is -2.27. The van der Waals surface area contributed by atoms with Crippen LogP contribution in [0, 0.1) is 0 Å². The van der Waals surface area contributed by atoms with Gasteiger partial charge in [0.25, 0.3) is 0 Å². The zero-order valence-electron chi connectivity index (χ0n) is 24.2. The van der Waals surface area contributed by atoms with Gasteiger partial charge in [0.2, 0.25) is 0 Å². The summed E-state index contributed by atoms with van der Waals surface area (Å²) >= 11 is 0. The second-order valence-electron chi connectivity index (χ2n) is 11.0. The van der Waals surface area contributed by atoms with Gasteiger partial charge in [0.05, 0.1) is 11.4 Å². The van der Waals surface area contributed by atoms with Gasteiger partial charge < -0.3 is 9.80 Å². The van der Waals surface area contributed by atoms with Gasteiger partial charge in [0.15, 0.2) is 0 Å². The molecular weight excluding hydrogens is 532 g/mol. The summed E-state index contributed by atoms with van der Waals surface area (Å²) in [5.41, 5.74) is 6.87. The fourth-order valence-electron chi connectivity index (χ4n) is 6.46. The van der Waals surface area contributed by atoms with E-state index >= 15 is 0 Å². The third-order valence-corrected chi connectivity index (χ3v) is 8.41. The molecule has 0 atom stereocenters. The lowest BCUT2D eigenvalue weighted by atomic mass is 9.95. The second-order valence-corrected chi connectivity index (χ2v) is 11.0. The molecule has 0 saturated heterocycles. The highest BCUT2D eigenvalue weighted by atomic mass is 15.1. The average molecular weight is 563 g/mol. The van der Waals surface area contributed by atoms with E-state index in [4.69, 9.17) is 0 Å². The molecule has 208 valence electrons. The molecule has 0 aliphatic carbocycles. The molecule has 0 bridgehead atoms. The highest BCUT2D eigenvalue weighted by Crippen LogP contribution is 2.44. The van der Waals surface area contributed by atoms with E-state index in [1.807, 2.05) is 0 Å². The van der Waals surface area contributed by atoms with Crippen LogP contribution in [0.2, 0.25) is 0 Å². The van der Waals surface area contributed by atoms with E-state index in [0.717, 1.165) is 34.1 Å². The minimum atomic E-state index is 1.14. The standard InChI is InChI=1S/C42H30N2/c1-5-15-31(16-6-1)43(32-17-7-2-8-18-32)41-25-13-23-35-37-28-30-40-36(38(37)27-29-39(35)41)24-14-26-42(40)44(33-19-9-3-10-20-33)34-21-11-4-12-22-34/h1-30H. The minimum Gasteiger partial charge on any atom is -0.310 e. The van der Waals surface area contributed by atoms with Crippen molar-refractivity contribution >= 4 is 66.4 Å². The molecule has 0 saturated carbocycles. The number of para-hydroxylation sites is 4. The van der Waals surface area contributed by atoms with E-state index in [1.165, 1.54) is 32.3 Å². The molecule has 0 aromatic heterocycles. The summed E-state index contributed by atoms with van der Waals surface area (Å²) in [5.74, 6) is 0. The Labute approximate surface area is 257 Å². The van der Waals surface area contributed by atoms with E-state index in [2.05, 4.69) is 192 Å². The first-order valence-electron chi connectivity index (χ1n) is 15.0. The zero-order valence-corrected chi connectivity index (χ0v) is 24.2. The maximum absolute atomic E-state index is 2.35. The summed E-state index contributed by atoms with van der Waals surface area (Å²) < 4.78 is 0. The summed E-state index contributed by atoms with van der Waals surface area (Å²) in [6.07, 6.45) is 0. The van der Waals surface area contributed by atoms with E-state index in [1.54, 1.807) is 0 Å². The van der Waals surface area contributed by atoms with Crippen molar-refractivity contribution in [1.82, 2.24) is 0 Å². The van der Waals surface area contributed by atoms with Crippen molar-refractivity contribution in [2.45, 2.75) is 0 Å². The fourth-order valence-corrected chi connectivity index (χ4v) is 6.46. The lowest BCUT2D eigenvalue weighted by Crippen LogP contribution is -2.10. The molecule has 44 heavy (non-hydrogen) atoms. The molecule has 0 unspecified atom stereocenters. The van der Waals surface area contributed by atoms with Crippen molar-refractivity contribution in [2.75, 3.05) is 9.80 Å². The minimum absolute atomic E-state index is 1.14. The van der Waals surface area contributed by atoms with Crippen molar-refractivity contribution in [2.24, 2.45) is 0 Å². The first-order chi connectivity index (χ1) is 21.9. The van der Waals surface area contributed by atoms with Gasteiger partial charge in [0, 0.05) is 33.5 Å². The molecule has 0 spiro atoms. The predicted molar refractivity (Wildman–Crippen MR) is 188 cm³/mol. The van der Waals surface area contributed by atoms with E-state index in [0.29, 0.717) is 0 Å². The van der Waals surface area contributed by atoms with Gasteiger partial charge in [-0.15, -0.1) is 0 Å². The number of hydrogen-bond acceptors (Lipinski definition) is 2. The maximum atomic E-state index is 2.35. The zero-order chi connectivity index (χ0) is 29.3. The molecule has 0 amide bonds. The summed E-state index contributed by atoms with van der Waals surface area (Å²) in [5, 5.41) is 7.43. The van der Waals surface area contributed by atoms with Crippen LogP contribution in [-0.4, -0.2) is 0 Å². The first kappa shape index (κ1) is 25.8. The summed E-state index contributed by atoms with van der Waals surface area (Å²) in [4.78, 5) is 4.70. The molecule has 0 fully saturated rings. The number of benzene rings is 8. The van der Waals surface area contributed by atoms with Crippen molar-refractivity contribution < 1.29 is 0 Å². The van der Waals surface area contributed by atoms with Crippen LogP contribution >= 0.6 is 0 Å². The smallest absolute Gasteiger partial charge is 0.0540 e. The number of hydrogen-bond donors (Lipinski definition) is 0. The summed E-state index contributed by atoms with van der Waals surface area (Å²) in [7, 11) is 0. The van der Waals surface area contributed by atoms with Crippen LogP contribution in [0.25, 0.3) is 32.3 Å². The van der Waals surface area contributed by atoms with Gasteiger partial charge >= 0.3 is 0 Å². The van der Waals surface area contributed by atoms with Crippen LogP contribution in [0.1, 0.15) is 0 Å². The predicted octanol–water partition coefficient (Wildman–Crippen LogP) is 12.1. The van der Waals surface area contributed by atoms with Gasteiger partial charge in [-0.3, -0.25) is 0 Å². The van der Waals surface area contributed by atoms with Crippen molar-refractivity contribution in [3.63, 3.8) is 0 Å². The highest BCUT2D eigenvalue weighted by molar-refractivity contribution is 6.21. The van der Waals surface area contributed by atoms with Crippen molar-refractivity contribution in [1.29, 1.82) is 0 Å². The van der Waals surface area contributed by atoms with Gasteiger partial charge in [-0.05, 0) is 82.2 Å². The Hall–Kier alpha value is -5.86. The average Bonchev–Trinajstić information content (AvgIpc) is 3.10. The first-order valence-corrected chi connectivity index (χ1v) is 15.0. The molecule has 8 rings (SSSR count). The quantitative estimate of drug-likeness (QED) is 0.186. The molecule has 8 aromatic rings. The molecule has 2 nitrogen and oxygen atoms in total. The van der Waals surface area contributed by atoms with Crippen LogP contribution in [0.15, 0.2) is 182 Å². The lowest BCUT2D eigenvalue weighted by molar-refractivity contribution is 1.30. The van der Waals surface area contributed by atoms with E-state index < -0.39 is 0 Å². The monoisotopic (exact) mass is 562 g/mol. The molecule has 0 radical (unpaired) electrons. The Balaban J connectivity index is 1.34. The molecule has 0 N–H and O–H groups in total. The fraction of sp³-hybridized carbons (Fsp3) is 0. The topological polar surface area (TPSA) is 6.48 Å². The maximum Gasteiger partial charge on any atom is 0.0540 e. The van der Waals surface area contributed by atoms with E-state index in [9.17, 15) is 0 Å². The Morgan fingerprint density at radius 1 is 0.205 bits per heavy atom. The van der Waals surface area contributed by atoms with Gasteiger partial charge in [-0.2, -0.15) is 0 Å². The van der Waals surface area contributed by atoms with Crippen molar-refractivity contribution in [3.05, 3.63) is 182 Å². The Bertz CT molecular complexity index is 1970. The van der Waals surface area contributed by atoms with Crippen LogP contribution in [0.4, 0.5) is 34.1 Å². The second kappa shape index (κ2) is 11.1. The summed E-state index contributed by atoms with van der Waals surface area (Å²) in [6, 6.07) is 65.0. The van der Waals surface area contributed by atoms with E-state index in [-0.39, 0.29) is 0 Å². The molecule has 2 heteroatoms. The molecule has 8 aromatic carbocycles. The van der Waals surface area contributed by atoms with Crippen LogP contribution in [-0.2, 0) is 0 Å². The van der Waals surface area contributed by atoms with Crippen molar-refractivity contribution in [3.8, 4) is 0 Å². The van der Waals surface area contributed by atoms with Crippen LogP contribution in [0.3, 0.4) is 0 Å². The SMILES string of the molecule is c1ccc(N(c2ccccc2)c2cccc3c2ccc2c4cccc(N(c5ccccc5)c5ccccc5)c4ccc32)cc1. The van der Waals surface area contributed by atoms with Crippen LogP contribution in [0.5, 0.6) is 0 Å². The molecular formula is C42H30N2. The largest absolute Gasteiger partial charge is 0.310 e. The molecule has 0 aliphatic rings. The Morgan fingerprint density at radius 3 is 0.795 bits per heavy atom.